The van der Waals surface area contributed by atoms with Crippen molar-refractivity contribution in [3.8, 4) is 0 Å². The van der Waals surface area contributed by atoms with Crippen LogP contribution in [-0.2, 0) is 0 Å². The van der Waals surface area contributed by atoms with Crippen LogP contribution in [0.5, 0.6) is 0 Å². The summed E-state index contributed by atoms with van der Waals surface area (Å²) < 4.78 is 0. The smallest absolute Gasteiger partial charge is 0.294 e. The standard InChI is InChI=1S/C8H11N4O3/c9-3-1-5-11(13)8-6-10-4-2-7(8)12(14)15/h2,4,6H,1,3,5,9H2/q-1. The highest BCUT2D eigenvalue weighted by Gasteiger charge is 2.13. The fourth-order valence-corrected chi connectivity index (χ4v) is 1.08. The number of nitrogens with two attached hydrogens (primary N) is 1. The van der Waals surface area contributed by atoms with Gasteiger partial charge in [0.05, 0.1) is 11.1 Å². The van der Waals surface area contributed by atoms with Gasteiger partial charge in [-0.1, -0.05) is 0 Å². The number of hydroxylamine groups is 1. The van der Waals surface area contributed by atoms with E-state index in [-0.39, 0.29) is 17.9 Å². The van der Waals surface area contributed by atoms with E-state index >= 15 is 0 Å². The number of hydrogen-bond acceptors (Lipinski definition) is 6. The van der Waals surface area contributed by atoms with E-state index in [0.717, 1.165) is 0 Å². The van der Waals surface area contributed by atoms with Crippen molar-refractivity contribution in [2.45, 2.75) is 6.42 Å². The van der Waals surface area contributed by atoms with Gasteiger partial charge in [0.2, 0.25) is 0 Å². The molecule has 0 saturated carbocycles. The summed E-state index contributed by atoms with van der Waals surface area (Å²) in [4.78, 5) is 13.7. The predicted molar refractivity (Wildman–Crippen MR) is 55.3 cm³/mol. The van der Waals surface area contributed by atoms with E-state index in [1.54, 1.807) is 0 Å². The zero-order valence-corrected chi connectivity index (χ0v) is 8.00. The van der Waals surface area contributed by atoms with Crippen LogP contribution in [0.1, 0.15) is 6.42 Å². The molecule has 1 heterocycles. The van der Waals surface area contributed by atoms with Gasteiger partial charge in [0, 0.05) is 18.8 Å². The third-order valence-corrected chi connectivity index (χ3v) is 1.81. The molecule has 0 amide bonds. The first-order valence-corrected chi connectivity index (χ1v) is 4.40. The van der Waals surface area contributed by atoms with Crippen LogP contribution in [0.15, 0.2) is 18.5 Å². The molecule has 7 heteroatoms. The molecule has 0 saturated heterocycles. The lowest BCUT2D eigenvalue weighted by Crippen LogP contribution is -2.20. The minimum absolute atomic E-state index is 0.0315. The van der Waals surface area contributed by atoms with E-state index in [4.69, 9.17) is 5.73 Å². The van der Waals surface area contributed by atoms with E-state index < -0.39 is 4.92 Å². The second kappa shape index (κ2) is 5.23. The van der Waals surface area contributed by atoms with Crippen molar-refractivity contribution in [3.05, 3.63) is 33.8 Å². The van der Waals surface area contributed by atoms with Crippen LogP contribution in [0.2, 0.25) is 0 Å². The van der Waals surface area contributed by atoms with Gasteiger partial charge in [-0.2, -0.15) is 0 Å². The van der Waals surface area contributed by atoms with Gasteiger partial charge in [0.1, 0.15) is 5.69 Å². The van der Waals surface area contributed by atoms with Crippen molar-refractivity contribution < 1.29 is 4.92 Å². The zero-order valence-electron chi connectivity index (χ0n) is 8.00. The molecule has 0 spiro atoms. The molecule has 0 bridgehead atoms. The van der Waals surface area contributed by atoms with Gasteiger partial charge < -0.3 is 16.0 Å². The van der Waals surface area contributed by atoms with Crippen LogP contribution in [-0.4, -0.2) is 23.0 Å². The maximum Gasteiger partial charge on any atom is 0.294 e. The molecule has 2 N–H and O–H groups in total. The highest BCUT2D eigenvalue weighted by Crippen LogP contribution is 2.25. The summed E-state index contributed by atoms with van der Waals surface area (Å²) in [6, 6.07) is 1.20. The van der Waals surface area contributed by atoms with Crippen molar-refractivity contribution in [1.29, 1.82) is 0 Å². The van der Waals surface area contributed by atoms with Crippen molar-refractivity contribution in [1.82, 2.24) is 4.98 Å². The number of hydrogen-bond donors (Lipinski definition) is 1. The SMILES string of the molecule is NCCCN([O-])c1cnccc1[N+](=O)[O-]. The Morgan fingerprint density at radius 3 is 2.93 bits per heavy atom. The molecule has 0 radical (unpaired) electrons. The van der Waals surface area contributed by atoms with Crippen LogP contribution in [0.3, 0.4) is 0 Å². The average Bonchev–Trinajstić information content (AvgIpc) is 2.25. The van der Waals surface area contributed by atoms with Gasteiger partial charge in [0.25, 0.3) is 5.69 Å². The highest BCUT2D eigenvalue weighted by molar-refractivity contribution is 5.61. The molecule has 0 aliphatic carbocycles. The fourth-order valence-electron chi connectivity index (χ4n) is 1.08. The van der Waals surface area contributed by atoms with Gasteiger partial charge in [-0.3, -0.25) is 15.1 Å². The lowest BCUT2D eigenvalue weighted by Gasteiger charge is -2.29. The van der Waals surface area contributed by atoms with Crippen LogP contribution in [0, 0.1) is 15.3 Å². The predicted octanol–water partition coefficient (Wildman–Crippen LogP) is 0.643. The summed E-state index contributed by atoms with van der Waals surface area (Å²) in [7, 11) is 0. The van der Waals surface area contributed by atoms with Crippen LogP contribution in [0.4, 0.5) is 11.4 Å². The molecule has 82 valence electrons. The van der Waals surface area contributed by atoms with Gasteiger partial charge in [-0.05, 0) is 13.0 Å². The first-order valence-electron chi connectivity index (χ1n) is 4.40. The molecule has 0 aliphatic rings. The van der Waals surface area contributed by atoms with Gasteiger partial charge in [-0.25, -0.2) is 0 Å². The Morgan fingerprint density at radius 1 is 1.60 bits per heavy atom. The molecule has 0 unspecified atom stereocenters. The Morgan fingerprint density at radius 2 is 2.33 bits per heavy atom. The molecular weight excluding hydrogens is 200 g/mol. The van der Waals surface area contributed by atoms with Crippen LogP contribution >= 0.6 is 0 Å². The van der Waals surface area contributed by atoms with E-state index in [2.05, 4.69) is 4.98 Å². The molecule has 0 aromatic carbocycles. The molecule has 0 aliphatic heterocycles. The largest absolute Gasteiger partial charge is 0.758 e. The second-order valence-corrected chi connectivity index (χ2v) is 2.87. The lowest BCUT2D eigenvalue weighted by atomic mass is 10.3. The topological polar surface area (TPSA) is 108 Å². The van der Waals surface area contributed by atoms with E-state index in [1.807, 2.05) is 0 Å². The minimum Gasteiger partial charge on any atom is -0.758 e. The maximum absolute atomic E-state index is 11.4. The van der Waals surface area contributed by atoms with E-state index in [9.17, 15) is 15.3 Å². The lowest BCUT2D eigenvalue weighted by molar-refractivity contribution is -0.384. The summed E-state index contributed by atoms with van der Waals surface area (Å²) >= 11 is 0. The fraction of sp³-hybridized carbons (Fsp3) is 0.375. The molecule has 7 nitrogen and oxygen atoms in total. The Bertz CT molecular complexity index is 344. The molecular formula is C8H11N4O3-. The van der Waals surface area contributed by atoms with E-state index in [1.165, 1.54) is 18.5 Å². The summed E-state index contributed by atoms with van der Waals surface area (Å²) in [5.41, 5.74) is 4.97. The highest BCUT2D eigenvalue weighted by atomic mass is 16.6. The van der Waals surface area contributed by atoms with Gasteiger partial charge >= 0.3 is 0 Å². The summed E-state index contributed by atoms with van der Waals surface area (Å²) in [6.07, 6.45) is 2.94. The Hall–Kier alpha value is -1.73. The third-order valence-electron chi connectivity index (χ3n) is 1.81. The summed E-state index contributed by atoms with van der Waals surface area (Å²) in [6.45, 7) is 0.496. The Balaban J connectivity index is 2.87. The van der Waals surface area contributed by atoms with Crippen molar-refractivity contribution >= 4 is 11.4 Å². The zero-order chi connectivity index (χ0) is 11.3. The monoisotopic (exact) mass is 211 g/mol. The van der Waals surface area contributed by atoms with Crippen molar-refractivity contribution in [3.63, 3.8) is 0 Å². The number of pyridine rings is 1. The molecule has 15 heavy (non-hydrogen) atoms. The number of nitro groups is 1. The Kier molecular flexibility index (Phi) is 3.95. The van der Waals surface area contributed by atoms with Crippen molar-refractivity contribution in [2.75, 3.05) is 18.2 Å². The minimum atomic E-state index is -0.607. The van der Waals surface area contributed by atoms with E-state index in [0.29, 0.717) is 18.0 Å². The number of aromatic nitrogens is 1. The van der Waals surface area contributed by atoms with Crippen LogP contribution in [0.25, 0.3) is 0 Å². The number of rotatable bonds is 5. The van der Waals surface area contributed by atoms with Crippen molar-refractivity contribution in [2.24, 2.45) is 5.73 Å². The second-order valence-electron chi connectivity index (χ2n) is 2.87. The number of nitrogens with zero attached hydrogens (tertiary/aromatic N) is 3. The van der Waals surface area contributed by atoms with Crippen LogP contribution < -0.4 is 10.8 Å². The average molecular weight is 211 g/mol. The summed E-state index contributed by atoms with van der Waals surface area (Å²) in [5.74, 6) is 0. The summed E-state index contributed by atoms with van der Waals surface area (Å²) in [5, 5.41) is 22.6. The quantitative estimate of drug-likeness (QED) is 0.565. The molecule has 1 aromatic rings. The normalized spacial score (nSPS) is 10.0. The number of anilines is 1. The first kappa shape index (κ1) is 11.3. The maximum atomic E-state index is 11.4. The third kappa shape index (κ3) is 2.86. The first-order chi connectivity index (χ1) is 7.16. The molecule has 1 aromatic heterocycles. The Labute approximate surface area is 86.2 Å². The molecule has 0 atom stereocenters. The van der Waals surface area contributed by atoms with Gasteiger partial charge in [0.15, 0.2) is 0 Å². The molecule has 1 rings (SSSR count). The van der Waals surface area contributed by atoms with Gasteiger partial charge in [-0.15, -0.1) is 0 Å². The molecule has 0 fully saturated rings.